The van der Waals surface area contributed by atoms with Crippen molar-refractivity contribution in [2.45, 2.75) is 44.4 Å². The third-order valence-corrected chi connectivity index (χ3v) is 6.58. The minimum absolute atomic E-state index is 0.0324. The zero-order chi connectivity index (χ0) is 22.0. The fourth-order valence-electron chi connectivity index (χ4n) is 3.75. The quantitative estimate of drug-likeness (QED) is 0.595. The standard InChI is InChI=1S/C23H24N4O3S/c1-15-7-5-8-16(2)22(15)20-14-18-9-3-4-12-21(28)24-17-10-6-11-19(13-17)31(29,30)27-23(25-18)26-20/h5-8,10-11,13-14H,3-4,9,12H2,1-2H3,(H,24,28)(H,25,26,27). The highest BCUT2D eigenvalue weighted by Gasteiger charge is 2.19. The molecule has 2 aromatic carbocycles. The van der Waals surface area contributed by atoms with Crippen LogP contribution in [-0.2, 0) is 21.2 Å². The Morgan fingerprint density at radius 2 is 1.61 bits per heavy atom. The summed E-state index contributed by atoms with van der Waals surface area (Å²) >= 11 is 0. The first-order valence-electron chi connectivity index (χ1n) is 10.2. The van der Waals surface area contributed by atoms with E-state index in [1.54, 1.807) is 12.1 Å². The molecule has 7 nitrogen and oxygen atoms in total. The lowest BCUT2D eigenvalue weighted by Crippen LogP contribution is -2.17. The van der Waals surface area contributed by atoms with Crippen molar-refractivity contribution >= 4 is 27.6 Å². The minimum Gasteiger partial charge on any atom is -0.326 e. The molecule has 0 fully saturated rings. The number of benzene rings is 2. The summed E-state index contributed by atoms with van der Waals surface area (Å²) in [7, 11) is -3.93. The Morgan fingerprint density at radius 1 is 0.903 bits per heavy atom. The largest absolute Gasteiger partial charge is 0.326 e. The smallest absolute Gasteiger partial charge is 0.264 e. The molecule has 2 N–H and O–H groups in total. The molecule has 3 aromatic rings. The van der Waals surface area contributed by atoms with Crippen molar-refractivity contribution in [1.29, 1.82) is 0 Å². The van der Waals surface area contributed by atoms with E-state index >= 15 is 0 Å². The van der Waals surface area contributed by atoms with Crippen molar-refractivity contribution in [1.82, 2.24) is 9.97 Å². The van der Waals surface area contributed by atoms with Gasteiger partial charge in [-0.15, -0.1) is 0 Å². The van der Waals surface area contributed by atoms with Crippen LogP contribution in [0.1, 0.15) is 36.1 Å². The first-order chi connectivity index (χ1) is 14.8. The van der Waals surface area contributed by atoms with Gasteiger partial charge in [0, 0.05) is 23.4 Å². The molecule has 160 valence electrons. The second-order valence-corrected chi connectivity index (χ2v) is 9.41. The van der Waals surface area contributed by atoms with Crippen LogP contribution in [-0.4, -0.2) is 24.3 Å². The number of carbonyl (C=O) groups is 1. The zero-order valence-electron chi connectivity index (χ0n) is 17.5. The van der Waals surface area contributed by atoms with Crippen LogP contribution in [0.15, 0.2) is 53.4 Å². The molecule has 4 bridgehead atoms. The molecule has 4 rings (SSSR count). The number of nitrogens with zero attached hydrogens (tertiary/aromatic N) is 2. The highest BCUT2D eigenvalue weighted by atomic mass is 32.2. The number of sulfonamides is 1. The number of aromatic nitrogens is 2. The van der Waals surface area contributed by atoms with Crippen LogP contribution in [0.4, 0.5) is 11.6 Å². The van der Waals surface area contributed by atoms with Crippen molar-refractivity contribution in [3.05, 3.63) is 65.4 Å². The van der Waals surface area contributed by atoms with E-state index in [4.69, 9.17) is 0 Å². The van der Waals surface area contributed by atoms with Gasteiger partial charge in [-0.05, 0) is 68.5 Å². The van der Waals surface area contributed by atoms with Gasteiger partial charge in [-0.3, -0.25) is 4.79 Å². The normalized spacial score (nSPS) is 16.0. The van der Waals surface area contributed by atoms with Gasteiger partial charge in [0.2, 0.25) is 11.9 Å². The van der Waals surface area contributed by atoms with Crippen molar-refractivity contribution < 1.29 is 13.2 Å². The molecule has 1 amide bonds. The van der Waals surface area contributed by atoms with Crippen LogP contribution in [0.2, 0.25) is 0 Å². The van der Waals surface area contributed by atoms with Crippen LogP contribution < -0.4 is 10.0 Å². The van der Waals surface area contributed by atoms with Crippen LogP contribution >= 0.6 is 0 Å². The maximum atomic E-state index is 13.0. The topological polar surface area (TPSA) is 101 Å². The van der Waals surface area contributed by atoms with E-state index in [2.05, 4.69) is 20.0 Å². The van der Waals surface area contributed by atoms with Crippen molar-refractivity contribution in [2.24, 2.45) is 0 Å². The first-order valence-corrected chi connectivity index (χ1v) is 11.7. The summed E-state index contributed by atoms with van der Waals surface area (Å²) < 4.78 is 28.5. The van der Waals surface area contributed by atoms with Gasteiger partial charge < -0.3 is 5.32 Å². The number of rotatable bonds is 1. The van der Waals surface area contributed by atoms with Gasteiger partial charge in [-0.25, -0.2) is 23.1 Å². The predicted molar refractivity (Wildman–Crippen MR) is 120 cm³/mol. The summed E-state index contributed by atoms with van der Waals surface area (Å²) in [4.78, 5) is 21.2. The van der Waals surface area contributed by atoms with E-state index < -0.39 is 10.0 Å². The van der Waals surface area contributed by atoms with Crippen molar-refractivity contribution in [3.63, 3.8) is 0 Å². The summed E-state index contributed by atoms with van der Waals surface area (Å²) in [6, 6.07) is 14.1. The molecule has 1 aromatic heterocycles. The van der Waals surface area contributed by atoms with E-state index in [0.29, 0.717) is 30.6 Å². The zero-order valence-corrected chi connectivity index (χ0v) is 18.3. The van der Waals surface area contributed by atoms with E-state index in [-0.39, 0.29) is 16.8 Å². The van der Waals surface area contributed by atoms with Crippen molar-refractivity contribution in [2.75, 3.05) is 10.0 Å². The van der Waals surface area contributed by atoms with Gasteiger partial charge in [-0.2, -0.15) is 0 Å². The maximum absolute atomic E-state index is 13.0. The lowest BCUT2D eigenvalue weighted by atomic mass is 9.99. The van der Waals surface area contributed by atoms with Gasteiger partial charge in [-0.1, -0.05) is 24.3 Å². The number of fused-ring (bicyclic) bond motifs is 4. The summed E-state index contributed by atoms with van der Waals surface area (Å²) in [6.07, 6.45) is 2.43. The van der Waals surface area contributed by atoms with Gasteiger partial charge in [0.05, 0.1) is 10.6 Å². The minimum atomic E-state index is -3.93. The molecule has 0 aliphatic carbocycles. The number of carbonyl (C=O) groups excluding carboxylic acids is 1. The Morgan fingerprint density at radius 3 is 2.39 bits per heavy atom. The summed E-state index contributed by atoms with van der Waals surface area (Å²) in [5.41, 5.74) is 4.92. The lowest BCUT2D eigenvalue weighted by molar-refractivity contribution is -0.116. The number of aryl methyl sites for hydroxylation is 3. The van der Waals surface area contributed by atoms with Gasteiger partial charge in [0.15, 0.2) is 0 Å². The Bertz CT molecular complexity index is 1240. The molecule has 0 radical (unpaired) electrons. The monoisotopic (exact) mass is 436 g/mol. The molecule has 31 heavy (non-hydrogen) atoms. The fourth-order valence-corrected chi connectivity index (χ4v) is 4.74. The van der Waals surface area contributed by atoms with E-state index in [0.717, 1.165) is 28.8 Å². The van der Waals surface area contributed by atoms with Crippen molar-refractivity contribution in [3.8, 4) is 11.3 Å². The highest BCUT2D eigenvalue weighted by molar-refractivity contribution is 7.92. The molecule has 0 unspecified atom stereocenters. The molecule has 1 aliphatic heterocycles. The summed E-state index contributed by atoms with van der Waals surface area (Å²) in [5.74, 6) is -0.0965. The molecular formula is C23H24N4O3S. The Kier molecular flexibility index (Phi) is 5.73. The molecule has 8 heteroatoms. The first kappa shape index (κ1) is 21.0. The van der Waals surface area contributed by atoms with Gasteiger partial charge in [0.25, 0.3) is 10.0 Å². The molecule has 0 saturated carbocycles. The number of hydrogen-bond acceptors (Lipinski definition) is 5. The Labute approximate surface area is 182 Å². The van der Waals surface area contributed by atoms with Gasteiger partial charge in [0.1, 0.15) is 0 Å². The van der Waals surface area contributed by atoms with E-state index in [1.165, 1.54) is 12.1 Å². The van der Waals surface area contributed by atoms with E-state index in [9.17, 15) is 13.2 Å². The number of amides is 1. The fraction of sp³-hybridized carbons (Fsp3) is 0.261. The predicted octanol–water partition coefficient (Wildman–Crippen LogP) is 4.23. The number of anilines is 2. The second kappa shape index (κ2) is 8.47. The highest BCUT2D eigenvalue weighted by Crippen LogP contribution is 2.28. The third-order valence-electron chi connectivity index (χ3n) is 5.26. The lowest BCUT2D eigenvalue weighted by Gasteiger charge is -2.14. The molecule has 0 spiro atoms. The number of nitrogens with one attached hydrogen (secondary N) is 2. The second-order valence-electron chi connectivity index (χ2n) is 7.72. The Hall–Kier alpha value is -3.26. The van der Waals surface area contributed by atoms with E-state index in [1.807, 2.05) is 38.1 Å². The summed E-state index contributed by atoms with van der Waals surface area (Å²) in [6.45, 7) is 4.01. The summed E-state index contributed by atoms with van der Waals surface area (Å²) in [5, 5.41) is 2.76. The average Bonchev–Trinajstić information content (AvgIpc) is 2.70. The average molecular weight is 437 g/mol. The Balaban J connectivity index is 1.83. The third kappa shape index (κ3) is 4.74. The molecule has 1 aliphatic rings. The molecular weight excluding hydrogens is 412 g/mol. The molecule has 0 atom stereocenters. The molecule has 0 saturated heterocycles. The van der Waals surface area contributed by atoms with Crippen LogP contribution in [0, 0.1) is 13.8 Å². The van der Waals surface area contributed by atoms with Gasteiger partial charge >= 0.3 is 0 Å². The van der Waals surface area contributed by atoms with Crippen LogP contribution in [0.25, 0.3) is 11.3 Å². The maximum Gasteiger partial charge on any atom is 0.264 e. The van der Waals surface area contributed by atoms with Crippen LogP contribution in [0.3, 0.4) is 0 Å². The van der Waals surface area contributed by atoms with Crippen LogP contribution in [0.5, 0.6) is 0 Å². The molecule has 2 heterocycles. The number of hydrogen-bond donors (Lipinski definition) is 2. The SMILES string of the molecule is Cc1cccc(C)c1-c1cc2nc(n1)NS(=O)(=O)c1cccc(c1)NC(=O)CCCC2.